The minimum absolute atomic E-state index is 0.0762. The highest BCUT2D eigenvalue weighted by atomic mass is 79.9. The Balaban J connectivity index is 2.67. The van der Waals surface area contributed by atoms with Crippen LogP contribution < -0.4 is 11.1 Å². The van der Waals surface area contributed by atoms with Gasteiger partial charge in [0.1, 0.15) is 5.82 Å². The van der Waals surface area contributed by atoms with Crippen LogP contribution in [-0.2, 0) is 4.74 Å². The fourth-order valence-electron chi connectivity index (χ4n) is 1.59. The van der Waals surface area contributed by atoms with E-state index in [0.29, 0.717) is 18.8 Å². The lowest BCUT2D eigenvalue weighted by molar-refractivity contribution is 0.182. The summed E-state index contributed by atoms with van der Waals surface area (Å²) in [5.74, 6) is -0.262. The van der Waals surface area contributed by atoms with Gasteiger partial charge in [-0.05, 0) is 37.6 Å². The molecule has 1 aromatic rings. The predicted octanol–water partition coefficient (Wildman–Crippen LogP) is 2.75. The van der Waals surface area contributed by atoms with E-state index in [2.05, 4.69) is 21.2 Å². The summed E-state index contributed by atoms with van der Waals surface area (Å²) in [4.78, 5) is 0. The fraction of sp³-hybridized carbons (Fsp3) is 0.500. The molecule has 0 bridgehead atoms. The van der Waals surface area contributed by atoms with Crippen LogP contribution in [0, 0.1) is 5.82 Å². The number of anilines is 1. The Hall–Kier alpha value is -0.650. The van der Waals surface area contributed by atoms with Crippen molar-refractivity contribution >= 4 is 21.6 Å². The van der Waals surface area contributed by atoms with Crippen LogP contribution in [0.5, 0.6) is 0 Å². The lowest BCUT2D eigenvalue weighted by Gasteiger charge is -2.19. The Morgan fingerprint density at radius 2 is 2.29 bits per heavy atom. The minimum Gasteiger partial charge on any atom is -0.383 e. The average Bonchev–Trinajstić information content (AvgIpc) is 2.31. The topological polar surface area (TPSA) is 47.3 Å². The quantitative estimate of drug-likeness (QED) is 0.814. The zero-order valence-corrected chi connectivity index (χ0v) is 11.5. The standard InChI is InChI=1S/C12H18BrFN2O/c1-17-8-10(3-2-6-15)16-12-7-9(13)4-5-11(12)14/h4-5,7,10,16H,2-3,6,8,15H2,1H3. The van der Waals surface area contributed by atoms with Gasteiger partial charge in [0.25, 0.3) is 0 Å². The molecule has 1 atom stereocenters. The van der Waals surface area contributed by atoms with Gasteiger partial charge in [0.05, 0.1) is 12.3 Å². The van der Waals surface area contributed by atoms with Gasteiger partial charge in [0, 0.05) is 17.6 Å². The van der Waals surface area contributed by atoms with Gasteiger partial charge >= 0.3 is 0 Å². The molecule has 0 heterocycles. The maximum Gasteiger partial charge on any atom is 0.146 e. The zero-order valence-electron chi connectivity index (χ0n) is 9.88. The second-order valence-corrected chi connectivity index (χ2v) is 4.77. The third kappa shape index (κ3) is 5.02. The Labute approximate surface area is 110 Å². The van der Waals surface area contributed by atoms with Crippen molar-refractivity contribution < 1.29 is 9.13 Å². The van der Waals surface area contributed by atoms with Gasteiger partial charge in [-0.3, -0.25) is 0 Å². The summed E-state index contributed by atoms with van der Waals surface area (Å²) in [5, 5.41) is 3.14. The van der Waals surface area contributed by atoms with Crippen LogP contribution in [0.15, 0.2) is 22.7 Å². The van der Waals surface area contributed by atoms with E-state index in [1.807, 2.05) is 0 Å². The molecule has 1 unspecified atom stereocenters. The molecule has 5 heteroatoms. The summed E-state index contributed by atoms with van der Waals surface area (Å²) >= 11 is 3.32. The van der Waals surface area contributed by atoms with E-state index in [4.69, 9.17) is 10.5 Å². The molecule has 17 heavy (non-hydrogen) atoms. The van der Waals surface area contributed by atoms with Crippen LogP contribution in [0.25, 0.3) is 0 Å². The molecule has 3 nitrogen and oxygen atoms in total. The highest BCUT2D eigenvalue weighted by Crippen LogP contribution is 2.21. The van der Waals surface area contributed by atoms with E-state index in [1.165, 1.54) is 6.07 Å². The van der Waals surface area contributed by atoms with Gasteiger partial charge < -0.3 is 15.8 Å². The molecule has 0 aliphatic heterocycles. The van der Waals surface area contributed by atoms with E-state index in [0.717, 1.165) is 17.3 Å². The Morgan fingerprint density at radius 3 is 2.94 bits per heavy atom. The van der Waals surface area contributed by atoms with Crippen molar-refractivity contribution in [2.75, 3.05) is 25.6 Å². The molecule has 96 valence electrons. The first-order valence-electron chi connectivity index (χ1n) is 5.58. The largest absolute Gasteiger partial charge is 0.383 e. The van der Waals surface area contributed by atoms with Crippen LogP contribution in [-0.4, -0.2) is 26.3 Å². The first-order valence-corrected chi connectivity index (χ1v) is 6.37. The van der Waals surface area contributed by atoms with E-state index in [1.54, 1.807) is 19.2 Å². The number of nitrogens with two attached hydrogens (primary N) is 1. The second-order valence-electron chi connectivity index (χ2n) is 3.85. The third-order valence-electron chi connectivity index (χ3n) is 2.41. The van der Waals surface area contributed by atoms with E-state index in [9.17, 15) is 4.39 Å². The number of ether oxygens (including phenoxy) is 1. The lowest BCUT2D eigenvalue weighted by atomic mass is 10.1. The van der Waals surface area contributed by atoms with Gasteiger partial charge in [-0.1, -0.05) is 15.9 Å². The summed E-state index contributed by atoms with van der Waals surface area (Å²) in [6, 6.07) is 4.90. The molecule has 0 aliphatic carbocycles. The minimum atomic E-state index is -0.262. The summed E-state index contributed by atoms with van der Waals surface area (Å²) in [7, 11) is 1.63. The number of benzene rings is 1. The summed E-state index contributed by atoms with van der Waals surface area (Å²) in [5.41, 5.74) is 5.95. The van der Waals surface area contributed by atoms with E-state index >= 15 is 0 Å². The Kier molecular flexibility index (Phi) is 6.47. The van der Waals surface area contributed by atoms with Crippen molar-refractivity contribution in [2.45, 2.75) is 18.9 Å². The number of hydrogen-bond donors (Lipinski definition) is 2. The number of rotatable bonds is 7. The first kappa shape index (κ1) is 14.4. The molecule has 1 aromatic carbocycles. The summed E-state index contributed by atoms with van der Waals surface area (Å²) < 4.78 is 19.5. The van der Waals surface area contributed by atoms with Crippen LogP contribution in [0.4, 0.5) is 10.1 Å². The monoisotopic (exact) mass is 304 g/mol. The maximum atomic E-state index is 13.5. The molecule has 0 radical (unpaired) electrons. The molecule has 0 saturated carbocycles. The maximum absolute atomic E-state index is 13.5. The average molecular weight is 305 g/mol. The molecular weight excluding hydrogens is 287 g/mol. The molecule has 0 spiro atoms. The van der Waals surface area contributed by atoms with Gasteiger partial charge in [0.2, 0.25) is 0 Å². The smallest absolute Gasteiger partial charge is 0.146 e. The lowest BCUT2D eigenvalue weighted by Crippen LogP contribution is -2.26. The zero-order chi connectivity index (χ0) is 12.7. The van der Waals surface area contributed by atoms with Crippen molar-refractivity contribution in [3.05, 3.63) is 28.5 Å². The normalized spacial score (nSPS) is 12.5. The molecule has 0 aliphatic rings. The number of nitrogens with one attached hydrogen (secondary N) is 1. The SMILES string of the molecule is COCC(CCCN)Nc1cc(Br)ccc1F. The molecule has 1 rings (SSSR count). The molecule has 0 amide bonds. The fourth-order valence-corrected chi connectivity index (χ4v) is 1.95. The second kappa shape index (κ2) is 7.63. The predicted molar refractivity (Wildman–Crippen MR) is 71.7 cm³/mol. The van der Waals surface area contributed by atoms with Crippen molar-refractivity contribution in [1.82, 2.24) is 0 Å². The van der Waals surface area contributed by atoms with Gasteiger partial charge in [-0.2, -0.15) is 0 Å². The van der Waals surface area contributed by atoms with Crippen LogP contribution in [0.1, 0.15) is 12.8 Å². The molecule has 3 N–H and O–H groups in total. The molecule has 0 saturated heterocycles. The van der Waals surface area contributed by atoms with Gasteiger partial charge in [0.15, 0.2) is 0 Å². The van der Waals surface area contributed by atoms with Crippen LogP contribution in [0.2, 0.25) is 0 Å². The first-order chi connectivity index (χ1) is 8.17. The van der Waals surface area contributed by atoms with Crippen molar-refractivity contribution in [2.24, 2.45) is 5.73 Å². The van der Waals surface area contributed by atoms with E-state index < -0.39 is 0 Å². The molecule has 0 aromatic heterocycles. The van der Waals surface area contributed by atoms with Crippen molar-refractivity contribution in [3.8, 4) is 0 Å². The molecule has 0 fully saturated rings. The van der Waals surface area contributed by atoms with Crippen molar-refractivity contribution in [1.29, 1.82) is 0 Å². The van der Waals surface area contributed by atoms with E-state index in [-0.39, 0.29) is 11.9 Å². The number of methoxy groups -OCH3 is 1. The number of hydrogen-bond acceptors (Lipinski definition) is 3. The van der Waals surface area contributed by atoms with Crippen LogP contribution in [0.3, 0.4) is 0 Å². The van der Waals surface area contributed by atoms with Gasteiger partial charge in [-0.25, -0.2) is 4.39 Å². The Morgan fingerprint density at radius 1 is 1.53 bits per heavy atom. The number of halogens is 2. The van der Waals surface area contributed by atoms with Gasteiger partial charge in [-0.15, -0.1) is 0 Å². The summed E-state index contributed by atoms with van der Waals surface area (Å²) in [6.07, 6.45) is 1.74. The molecular formula is C12H18BrFN2O. The van der Waals surface area contributed by atoms with Crippen LogP contribution >= 0.6 is 15.9 Å². The highest BCUT2D eigenvalue weighted by molar-refractivity contribution is 9.10. The third-order valence-corrected chi connectivity index (χ3v) is 2.91. The highest BCUT2D eigenvalue weighted by Gasteiger charge is 2.10. The van der Waals surface area contributed by atoms with Crippen molar-refractivity contribution in [3.63, 3.8) is 0 Å². The Bertz CT molecular complexity index is 349. The summed E-state index contributed by atoms with van der Waals surface area (Å²) in [6.45, 7) is 1.16.